The molecule has 1 aliphatic heterocycles. The first-order chi connectivity index (χ1) is 7.69. The maximum atomic E-state index is 11.6. The maximum absolute atomic E-state index is 11.6. The molecule has 1 amide bonds. The third-order valence-electron chi connectivity index (χ3n) is 2.27. The first-order valence-corrected chi connectivity index (χ1v) is 5.17. The third kappa shape index (κ3) is 2.40. The number of hydrogen-bond acceptors (Lipinski definition) is 5. The Bertz CT molecular complexity index is 408. The molecule has 2 heterocycles. The molecular weight excluding hydrogens is 232 g/mol. The number of carbonyl (C=O) groups excluding carboxylic acids is 1. The molecular formula is C9H11ClN4O2. The predicted octanol–water partition coefficient (Wildman–Crippen LogP) is 0.296. The number of nitrogens with one attached hydrogen (secondary N) is 2. The molecule has 86 valence electrons. The molecule has 0 aromatic carbocycles. The lowest BCUT2D eigenvalue weighted by atomic mass is 10.0. The highest BCUT2D eigenvalue weighted by molar-refractivity contribution is 6.29. The number of rotatable bonds is 3. The van der Waals surface area contributed by atoms with Crippen LogP contribution in [0.3, 0.4) is 0 Å². The highest BCUT2D eigenvalue weighted by Gasteiger charge is 2.25. The van der Waals surface area contributed by atoms with Crippen LogP contribution in [-0.4, -0.2) is 36.1 Å². The second-order valence-electron chi connectivity index (χ2n) is 3.40. The molecule has 2 rings (SSSR count). The van der Waals surface area contributed by atoms with Crippen LogP contribution in [0.2, 0.25) is 5.15 Å². The topological polar surface area (TPSA) is 76.1 Å². The minimum Gasteiger partial charge on any atom is -0.481 e. The Hall–Kier alpha value is -1.40. The summed E-state index contributed by atoms with van der Waals surface area (Å²) in [5.74, 6) is 0.361. The van der Waals surface area contributed by atoms with E-state index in [2.05, 4.69) is 20.6 Å². The smallest absolute Gasteiger partial charge is 0.234 e. The largest absolute Gasteiger partial charge is 0.481 e. The summed E-state index contributed by atoms with van der Waals surface area (Å²) in [5.41, 5.74) is 0. The molecule has 2 N–H and O–H groups in total. The average molecular weight is 243 g/mol. The molecule has 1 aliphatic rings. The van der Waals surface area contributed by atoms with Crippen LogP contribution in [0, 0.1) is 5.92 Å². The molecule has 0 aliphatic carbocycles. The predicted molar refractivity (Wildman–Crippen MR) is 58.6 cm³/mol. The SMILES string of the molecule is COc1cc(Cl)nc(NC(=O)C2CNC2)n1. The molecule has 6 nitrogen and oxygen atoms in total. The van der Waals surface area contributed by atoms with Crippen molar-refractivity contribution in [3.63, 3.8) is 0 Å². The van der Waals surface area contributed by atoms with Gasteiger partial charge in [0.15, 0.2) is 0 Å². The van der Waals surface area contributed by atoms with Crippen LogP contribution >= 0.6 is 11.6 Å². The summed E-state index contributed by atoms with van der Waals surface area (Å²) in [5, 5.41) is 5.83. The number of aromatic nitrogens is 2. The molecule has 0 bridgehead atoms. The van der Waals surface area contributed by atoms with Gasteiger partial charge in [-0.15, -0.1) is 0 Å². The quantitative estimate of drug-likeness (QED) is 0.746. The molecule has 1 fully saturated rings. The molecule has 1 aromatic heterocycles. The Morgan fingerprint density at radius 1 is 1.62 bits per heavy atom. The van der Waals surface area contributed by atoms with Crippen molar-refractivity contribution in [1.82, 2.24) is 15.3 Å². The van der Waals surface area contributed by atoms with Gasteiger partial charge in [0.1, 0.15) is 5.15 Å². The van der Waals surface area contributed by atoms with Gasteiger partial charge in [-0.1, -0.05) is 11.6 Å². The van der Waals surface area contributed by atoms with Gasteiger partial charge in [0.2, 0.25) is 17.7 Å². The van der Waals surface area contributed by atoms with Crippen molar-refractivity contribution in [2.24, 2.45) is 5.92 Å². The Labute approximate surface area is 97.4 Å². The van der Waals surface area contributed by atoms with E-state index in [1.54, 1.807) is 0 Å². The Kier molecular flexibility index (Phi) is 3.21. The second-order valence-corrected chi connectivity index (χ2v) is 3.79. The number of carbonyl (C=O) groups is 1. The monoisotopic (exact) mass is 242 g/mol. The van der Waals surface area contributed by atoms with E-state index in [1.807, 2.05) is 0 Å². The van der Waals surface area contributed by atoms with Gasteiger partial charge < -0.3 is 10.1 Å². The van der Waals surface area contributed by atoms with Crippen molar-refractivity contribution in [3.05, 3.63) is 11.2 Å². The molecule has 7 heteroatoms. The molecule has 0 unspecified atom stereocenters. The minimum atomic E-state index is -0.108. The fraction of sp³-hybridized carbons (Fsp3) is 0.444. The van der Waals surface area contributed by atoms with Crippen molar-refractivity contribution in [3.8, 4) is 5.88 Å². The molecule has 0 saturated carbocycles. The van der Waals surface area contributed by atoms with Crippen molar-refractivity contribution >= 4 is 23.5 Å². The van der Waals surface area contributed by atoms with Gasteiger partial charge in [0.25, 0.3) is 0 Å². The highest BCUT2D eigenvalue weighted by atomic mass is 35.5. The zero-order chi connectivity index (χ0) is 11.5. The first kappa shape index (κ1) is 11.1. The number of amides is 1. The third-order valence-corrected chi connectivity index (χ3v) is 2.46. The number of anilines is 1. The molecule has 0 atom stereocenters. The van der Waals surface area contributed by atoms with Gasteiger partial charge >= 0.3 is 0 Å². The van der Waals surface area contributed by atoms with Crippen LogP contribution in [0.4, 0.5) is 5.95 Å². The summed E-state index contributed by atoms with van der Waals surface area (Å²) in [6, 6.07) is 1.47. The number of halogens is 1. The average Bonchev–Trinajstić information content (AvgIpc) is 2.13. The fourth-order valence-corrected chi connectivity index (χ4v) is 1.42. The summed E-state index contributed by atoms with van der Waals surface area (Å²) in [6.07, 6.45) is 0. The molecule has 0 spiro atoms. The molecule has 0 radical (unpaired) electrons. The lowest BCUT2D eigenvalue weighted by molar-refractivity contribution is -0.121. The summed E-state index contributed by atoms with van der Waals surface area (Å²) in [6.45, 7) is 1.37. The van der Waals surface area contributed by atoms with Crippen molar-refractivity contribution in [2.45, 2.75) is 0 Å². The van der Waals surface area contributed by atoms with E-state index < -0.39 is 0 Å². The summed E-state index contributed by atoms with van der Waals surface area (Å²) in [4.78, 5) is 19.4. The highest BCUT2D eigenvalue weighted by Crippen LogP contribution is 2.16. The van der Waals surface area contributed by atoms with E-state index in [9.17, 15) is 4.79 Å². The zero-order valence-electron chi connectivity index (χ0n) is 8.66. The maximum Gasteiger partial charge on any atom is 0.234 e. The van der Waals surface area contributed by atoms with Gasteiger partial charge in [-0.2, -0.15) is 4.98 Å². The summed E-state index contributed by atoms with van der Waals surface area (Å²) in [7, 11) is 1.47. The number of hydrogen-bond donors (Lipinski definition) is 2. The van der Waals surface area contributed by atoms with Crippen LogP contribution in [0.1, 0.15) is 0 Å². The second kappa shape index (κ2) is 4.63. The minimum absolute atomic E-state index is 0.0198. The van der Waals surface area contributed by atoms with E-state index in [0.29, 0.717) is 19.0 Å². The van der Waals surface area contributed by atoms with Crippen LogP contribution in [0.5, 0.6) is 5.88 Å². The van der Waals surface area contributed by atoms with Crippen LogP contribution in [0.15, 0.2) is 6.07 Å². The summed E-state index contributed by atoms with van der Waals surface area (Å²) >= 11 is 5.74. The Morgan fingerprint density at radius 2 is 2.38 bits per heavy atom. The van der Waals surface area contributed by atoms with Crippen molar-refractivity contribution in [2.75, 3.05) is 25.5 Å². The van der Waals surface area contributed by atoms with Crippen molar-refractivity contribution < 1.29 is 9.53 Å². The van der Waals surface area contributed by atoms with Gasteiger partial charge in [-0.05, 0) is 0 Å². The van der Waals surface area contributed by atoms with Crippen molar-refractivity contribution in [1.29, 1.82) is 0 Å². The first-order valence-electron chi connectivity index (χ1n) is 4.79. The van der Waals surface area contributed by atoms with E-state index in [0.717, 1.165) is 0 Å². The number of ether oxygens (including phenoxy) is 1. The Morgan fingerprint density at radius 3 is 2.94 bits per heavy atom. The van der Waals surface area contributed by atoms with Gasteiger partial charge in [0, 0.05) is 19.2 Å². The number of methoxy groups -OCH3 is 1. The van der Waals surface area contributed by atoms with E-state index in [1.165, 1.54) is 13.2 Å². The fourth-order valence-electron chi connectivity index (χ4n) is 1.24. The standard InChI is InChI=1S/C9H11ClN4O2/c1-16-7-2-6(10)12-9(13-7)14-8(15)5-3-11-4-5/h2,5,11H,3-4H2,1H3,(H,12,13,14,15). The normalized spacial score (nSPS) is 15.4. The van der Waals surface area contributed by atoms with E-state index >= 15 is 0 Å². The summed E-state index contributed by atoms with van der Waals surface area (Å²) < 4.78 is 4.92. The molecule has 1 aromatic rings. The van der Waals surface area contributed by atoms with Crippen LogP contribution in [-0.2, 0) is 4.79 Å². The van der Waals surface area contributed by atoms with Gasteiger partial charge in [-0.25, -0.2) is 4.98 Å². The van der Waals surface area contributed by atoms with E-state index in [-0.39, 0.29) is 22.9 Å². The zero-order valence-corrected chi connectivity index (χ0v) is 9.41. The van der Waals surface area contributed by atoms with Gasteiger partial charge in [-0.3, -0.25) is 10.1 Å². The lowest BCUT2D eigenvalue weighted by Crippen LogP contribution is -2.48. The Balaban J connectivity index is 2.07. The van der Waals surface area contributed by atoms with E-state index in [4.69, 9.17) is 16.3 Å². The molecule has 1 saturated heterocycles. The molecule has 16 heavy (non-hydrogen) atoms. The van der Waals surface area contributed by atoms with Crippen LogP contribution < -0.4 is 15.4 Å². The van der Waals surface area contributed by atoms with Crippen LogP contribution in [0.25, 0.3) is 0 Å². The van der Waals surface area contributed by atoms with Gasteiger partial charge in [0.05, 0.1) is 13.0 Å². The number of nitrogens with zero attached hydrogens (tertiary/aromatic N) is 2. The lowest BCUT2D eigenvalue weighted by Gasteiger charge is -2.25.